The van der Waals surface area contributed by atoms with Gasteiger partial charge in [0.1, 0.15) is 4.90 Å². The lowest BCUT2D eigenvalue weighted by Gasteiger charge is -2.30. The van der Waals surface area contributed by atoms with E-state index in [4.69, 9.17) is 16.3 Å². The Morgan fingerprint density at radius 1 is 1.25 bits per heavy atom. The third-order valence-corrected chi connectivity index (χ3v) is 8.24. The summed E-state index contributed by atoms with van der Waals surface area (Å²) in [6, 6.07) is 4.00. The SMILES string of the molecule is CC1CCCN(S(=O)(=O)c2cc(C(=O)OCC(=O)NCCC3=CCCCC3)ccc2Cl)C1. The summed E-state index contributed by atoms with van der Waals surface area (Å²) in [6.45, 7) is 2.93. The molecule has 0 aromatic heterocycles. The summed E-state index contributed by atoms with van der Waals surface area (Å²) in [5, 5.41) is 2.80. The molecule has 9 heteroatoms. The molecule has 1 aliphatic carbocycles. The Labute approximate surface area is 195 Å². The summed E-state index contributed by atoms with van der Waals surface area (Å²) < 4.78 is 32.6. The number of sulfonamides is 1. The minimum Gasteiger partial charge on any atom is -0.452 e. The molecule has 0 radical (unpaired) electrons. The maximum atomic E-state index is 13.1. The molecule has 1 saturated heterocycles. The molecule has 0 saturated carbocycles. The van der Waals surface area contributed by atoms with Crippen LogP contribution in [0.5, 0.6) is 0 Å². The Hall–Kier alpha value is -1.90. The molecule has 1 heterocycles. The molecule has 1 N–H and O–H groups in total. The van der Waals surface area contributed by atoms with Crippen molar-refractivity contribution in [3.8, 4) is 0 Å². The number of carbonyl (C=O) groups excluding carboxylic acids is 2. The molecule has 2 aliphatic rings. The van der Waals surface area contributed by atoms with E-state index in [-0.39, 0.29) is 27.3 Å². The van der Waals surface area contributed by atoms with Crippen LogP contribution in [0.4, 0.5) is 0 Å². The Bertz CT molecular complexity index is 977. The second kappa shape index (κ2) is 11.3. The molecule has 0 spiro atoms. The summed E-state index contributed by atoms with van der Waals surface area (Å²) in [6.07, 6.45) is 9.36. The molecule has 32 heavy (non-hydrogen) atoms. The van der Waals surface area contributed by atoms with Crippen LogP contribution < -0.4 is 5.32 Å². The number of amides is 1. The summed E-state index contributed by atoms with van der Waals surface area (Å²) in [5.41, 5.74) is 1.39. The number of carbonyl (C=O) groups is 2. The Morgan fingerprint density at radius 3 is 2.78 bits per heavy atom. The van der Waals surface area contributed by atoms with Crippen LogP contribution in [0.25, 0.3) is 0 Å². The number of hydrogen-bond acceptors (Lipinski definition) is 5. The van der Waals surface area contributed by atoms with Crippen molar-refractivity contribution in [2.45, 2.75) is 56.8 Å². The highest BCUT2D eigenvalue weighted by molar-refractivity contribution is 7.89. The van der Waals surface area contributed by atoms with E-state index in [1.54, 1.807) is 0 Å². The van der Waals surface area contributed by atoms with Gasteiger partial charge in [-0.15, -0.1) is 0 Å². The standard InChI is InChI=1S/C23H31ClN2O5S/c1-17-6-5-13-26(15-17)32(29,30)21-14-19(9-10-20(21)24)23(28)31-16-22(27)25-12-11-18-7-3-2-4-8-18/h7,9-10,14,17H,2-6,8,11-13,15-16H2,1H3,(H,25,27). The van der Waals surface area contributed by atoms with E-state index in [2.05, 4.69) is 11.4 Å². The lowest BCUT2D eigenvalue weighted by atomic mass is 9.97. The first-order valence-electron chi connectivity index (χ1n) is 11.2. The number of benzene rings is 1. The molecule has 0 bridgehead atoms. The second-order valence-electron chi connectivity index (χ2n) is 8.54. The zero-order valence-corrected chi connectivity index (χ0v) is 20.0. The third kappa shape index (κ3) is 6.56. The monoisotopic (exact) mass is 482 g/mol. The van der Waals surface area contributed by atoms with Gasteiger partial charge in [0.25, 0.3) is 5.91 Å². The van der Waals surface area contributed by atoms with Gasteiger partial charge >= 0.3 is 5.97 Å². The molecule has 1 amide bonds. The highest BCUT2D eigenvalue weighted by Crippen LogP contribution is 2.29. The summed E-state index contributed by atoms with van der Waals surface area (Å²) in [5.74, 6) is -0.896. The molecular weight excluding hydrogens is 452 g/mol. The second-order valence-corrected chi connectivity index (χ2v) is 10.9. The number of nitrogens with zero attached hydrogens (tertiary/aromatic N) is 1. The van der Waals surface area contributed by atoms with E-state index >= 15 is 0 Å². The smallest absolute Gasteiger partial charge is 0.338 e. The fourth-order valence-electron chi connectivity index (χ4n) is 4.09. The predicted octanol–water partition coefficient (Wildman–Crippen LogP) is 3.92. The van der Waals surface area contributed by atoms with E-state index in [0.29, 0.717) is 19.6 Å². The van der Waals surface area contributed by atoms with Crippen molar-refractivity contribution < 1.29 is 22.7 Å². The molecule has 1 atom stereocenters. The van der Waals surface area contributed by atoms with E-state index < -0.39 is 22.6 Å². The van der Waals surface area contributed by atoms with Gasteiger partial charge in [-0.3, -0.25) is 4.79 Å². The number of hydrogen-bond donors (Lipinski definition) is 1. The number of esters is 1. The predicted molar refractivity (Wildman–Crippen MR) is 123 cm³/mol. The van der Waals surface area contributed by atoms with Crippen molar-refractivity contribution in [2.24, 2.45) is 5.92 Å². The van der Waals surface area contributed by atoms with Crippen LogP contribution in [0.2, 0.25) is 5.02 Å². The van der Waals surface area contributed by atoms with Crippen molar-refractivity contribution in [1.82, 2.24) is 9.62 Å². The lowest BCUT2D eigenvalue weighted by molar-refractivity contribution is -0.124. The highest BCUT2D eigenvalue weighted by atomic mass is 35.5. The van der Waals surface area contributed by atoms with Gasteiger partial charge in [0.15, 0.2) is 6.61 Å². The molecule has 176 valence electrons. The van der Waals surface area contributed by atoms with Crippen molar-refractivity contribution in [2.75, 3.05) is 26.2 Å². The topological polar surface area (TPSA) is 92.8 Å². The Kier molecular flexibility index (Phi) is 8.73. The van der Waals surface area contributed by atoms with Gasteiger partial charge < -0.3 is 10.1 Å². The van der Waals surface area contributed by atoms with Gasteiger partial charge in [-0.1, -0.05) is 30.2 Å². The van der Waals surface area contributed by atoms with E-state index in [9.17, 15) is 18.0 Å². The van der Waals surface area contributed by atoms with Crippen LogP contribution in [0, 0.1) is 5.92 Å². The number of piperidine rings is 1. The molecular formula is C23H31ClN2O5S. The summed E-state index contributed by atoms with van der Waals surface area (Å²) in [4.78, 5) is 24.3. The van der Waals surface area contributed by atoms with Gasteiger partial charge in [-0.05, 0) is 69.1 Å². The molecule has 1 aromatic carbocycles. The number of rotatable bonds is 8. The number of ether oxygens (including phenoxy) is 1. The first kappa shape index (κ1) is 24.7. The third-order valence-electron chi connectivity index (χ3n) is 5.89. The Balaban J connectivity index is 1.56. The first-order chi connectivity index (χ1) is 15.3. The van der Waals surface area contributed by atoms with E-state index in [1.165, 1.54) is 40.9 Å². The van der Waals surface area contributed by atoms with Gasteiger partial charge in [0, 0.05) is 19.6 Å². The first-order valence-corrected chi connectivity index (χ1v) is 13.0. The normalized spacial score (nSPS) is 19.8. The molecule has 7 nitrogen and oxygen atoms in total. The highest BCUT2D eigenvalue weighted by Gasteiger charge is 2.31. The minimum atomic E-state index is -3.83. The van der Waals surface area contributed by atoms with E-state index in [1.807, 2.05) is 6.92 Å². The average Bonchev–Trinajstić information content (AvgIpc) is 2.78. The van der Waals surface area contributed by atoms with Gasteiger partial charge in [-0.25, -0.2) is 13.2 Å². The van der Waals surface area contributed by atoms with Crippen LogP contribution in [-0.4, -0.2) is 50.8 Å². The van der Waals surface area contributed by atoms with Crippen LogP contribution >= 0.6 is 11.6 Å². The van der Waals surface area contributed by atoms with Crippen LogP contribution in [0.3, 0.4) is 0 Å². The maximum absolute atomic E-state index is 13.1. The molecule has 1 unspecified atom stereocenters. The van der Waals surface area contributed by atoms with Crippen molar-refractivity contribution >= 4 is 33.5 Å². The van der Waals surface area contributed by atoms with Crippen molar-refractivity contribution in [1.29, 1.82) is 0 Å². The average molecular weight is 483 g/mol. The number of halogens is 1. The summed E-state index contributed by atoms with van der Waals surface area (Å²) in [7, 11) is -3.83. The van der Waals surface area contributed by atoms with Crippen LogP contribution in [0.15, 0.2) is 34.7 Å². The Morgan fingerprint density at radius 2 is 2.06 bits per heavy atom. The van der Waals surface area contributed by atoms with Gasteiger partial charge in [0.05, 0.1) is 10.6 Å². The van der Waals surface area contributed by atoms with Crippen LogP contribution in [-0.2, 0) is 19.6 Å². The zero-order valence-electron chi connectivity index (χ0n) is 18.4. The van der Waals surface area contributed by atoms with Crippen LogP contribution in [0.1, 0.15) is 62.2 Å². The molecule has 1 fully saturated rings. The quantitative estimate of drug-likeness (QED) is 0.447. The van der Waals surface area contributed by atoms with Gasteiger partial charge in [0.2, 0.25) is 10.0 Å². The van der Waals surface area contributed by atoms with Gasteiger partial charge in [-0.2, -0.15) is 4.31 Å². The van der Waals surface area contributed by atoms with Crippen molar-refractivity contribution in [3.63, 3.8) is 0 Å². The number of nitrogens with one attached hydrogen (secondary N) is 1. The number of allylic oxidation sites excluding steroid dienone is 1. The largest absolute Gasteiger partial charge is 0.452 e. The minimum absolute atomic E-state index is 0.0400. The van der Waals surface area contributed by atoms with E-state index in [0.717, 1.165) is 32.1 Å². The fraction of sp³-hybridized carbons (Fsp3) is 0.565. The fourth-order valence-corrected chi connectivity index (χ4v) is 6.19. The summed E-state index contributed by atoms with van der Waals surface area (Å²) >= 11 is 6.16. The maximum Gasteiger partial charge on any atom is 0.338 e. The zero-order chi connectivity index (χ0) is 23.1. The molecule has 1 aromatic rings. The molecule has 1 aliphatic heterocycles. The lowest BCUT2D eigenvalue weighted by Crippen LogP contribution is -2.39. The van der Waals surface area contributed by atoms with Crippen molar-refractivity contribution in [3.05, 3.63) is 40.4 Å². The molecule has 3 rings (SSSR count).